The summed E-state index contributed by atoms with van der Waals surface area (Å²) in [4.78, 5) is 0. The fourth-order valence-electron chi connectivity index (χ4n) is 0.873. The van der Waals surface area contributed by atoms with E-state index in [1.54, 1.807) is 0 Å². The maximum atomic E-state index is 4.79. The van der Waals surface area contributed by atoms with Crippen LogP contribution in [0.4, 0.5) is 0 Å². The van der Waals surface area contributed by atoms with E-state index in [1.807, 2.05) is 0 Å². The molecule has 0 radical (unpaired) electrons. The summed E-state index contributed by atoms with van der Waals surface area (Å²) in [6, 6.07) is 0. The number of thiol groups is 1. The van der Waals surface area contributed by atoms with Crippen LogP contribution in [0.1, 0.15) is 12.8 Å². The Bertz CT molecular complexity index is 159. The summed E-state index contributed by atoms with van der Waals surface area (Å²) in [5.41, 5.74) is 0. The molecule has 2 saturated heterocycles. The second kappa shape index (κ2) is 6.59. The van der Waals surface area contributed by atoms with Crippen molar-refractivity contribution in [1.29, 1.82) is 0 Å². The van der Waals surface area contributed by atoms with E-state index in [0.29, 0.717) is 0 Å². The Hall–Kier alpha value is 2.90. The Morgan fingerprint density at radius 1 is 1.15 bits per heavy atom. The van der Waals surface area contributed by atoms with Gasteiger partial charge in [0.15, 0.2) is 0 Å². The van der Waals surface area contributed by atoms with Crippen molar-refractivity contribution in [2.24, 2.45) is 0 Å². The predicted molar refractivity (Wildman–Crippen MR) is 80.6 cm³/mol. The van der Waals surface area contributed by atoms with Gasteiger partial charge in [0.25, 0.3) is 0 Å². The van der Waals surface area contributed by atoms with Crippen LogP contribution in [0.2, 0.25) is 0 Å². The van der Waals surface area contributed by atoms with Gasteiger partial charge in [0.05, 0.1) is 0 Å². The van der Waals surface area contributed by atoms with Crippen molar-refractivity contribution in [3.8, 4) is 0 Å². The third-order valence-electron chi connectivity index (χ3n) is 1.83. The van der Waals surface area contributed by atoms with Crippen molar-refractivity contribution in [2.45, 2.75) is 22.0 Å². The van der Waals surface area contributed by atoms with Gasteiger partial charge in [0.2, 0.25) is 0 Å². The molecule has 7 heteroatoms. The molecular formula is C6H12S6Sn. The first kappa shape index (κ1) is 12.4. The standard InChI is InChI=1S/C3H6S3.C3H6S2.H2S.Sn.H/c4-6-3-1-2-5-3;4-3-1-2-5-3;;;/h3-4H,1-2H2;3-4H,1-2H2;1H2;;/q;;;+3;/p-3. The van der Waals surface area contributed by atoms with E-state index in [1.165, 1.54) is 24.3 Å². The summed E-state index contributed by atoms with van der Waals surface area (Å²) in [6.45, 7) is 0. The van der Waals surface area contributed by atoms with Crippen LogP contribution in [-0.4, -0.2) is 36.3 Å². The molecule has 2 aliphatic rings. The van der Waals surface area contributed by atoms with Crippen molar-refractivity contribution in [3.63, 3.8) is 0 Å². The van der Waals surface area contributed by atoms with Gasteiger partial charge in [-0.2, -0.15) is 0 Å². The van der Waals surface area contributed by atoms with Crippen molar-refractivity contribution < 1.29 is 0 Å². The van der Waals surface area contributed by atoms with Gasteiger partial charge in [-0.3, -0.25) is 0 Å². The number of hydrogen-bond donors (Lipinski definition) is 1. The van der Waals surface area contributed by atoms with E-state index in [4.69, 9.17) is 9.81 Å². The SMILES string of the molecule is [SH][SnH]([S]SC1CCS1)[S]C1CCS1. The summed E-state index contributed by atoms with van der Waals surface area (Å²) in [5.74, 6) is 2.77. The molecule has 2 rings (SSSR count). The van der Waals surface area contributed by atoms with Gasteiger partial charge < -0.3 is 0 Å². The average molecular weight is 395 g/mol. The summed E-state index contributed by atoms with van der Waals surface area (Å²) in [6.07, 6.45) is 2.87. The van der Waals surface area contributed by atoms with Crippen LogP contribution in [0.3, 0.4) is 0 Å². The van der Waals surface area contributed by atoms with Crippen LogP contribution >= 0.6 is 61.1 Å². The fourth-order valence-corrected chi connectivity index (χ4v) is 40.1. The molecule has 76 valence electrons. The molecule has 0 nitrogen and oxygen atoms in total. The Morgan fingerprint density at radius 3 is 2.23 bits per heavy atom. The van der Waals surface area contributed by atoms with Crippen molar-refractivity contribution >= 4 is 76.7 Å². The Balaban J connectivity index is 1.52. The van der Waals surface area contributed by atoms with Gasteiger partial charge >= 0.3 is 110 Å². The summed E-state index contributed by atoms with van der Waals surface area (Å²) in [7, 11) is 11.3. The number of thioether (sulfide) groups is 2. The van der Waals surface area contributed by atoms with Crippen LogP contribution in [0, 0.1) is 0 Å². The quantitative estimate of drug-likeness (QED) is 0.427. The summed E-state index contributed by atoms with van der Waals surface area (Å²) in [5, 5.41) is 0. The molecule has 2 aliphatic heterocycles. The summed E-state index contributed by atoms with van der Waals surface area (Å²) < 4.78 is 1.84. The van der Waals surface area contributed by atoms with Gasteiger partial charge in [0, 0.05) is 0 Å². The van der Waals surface area contributed by atoms with Gasteiger partial charge in [-0.1, -0.05) is 0 Å². The minimum atomic E-state index is -1.46. The molecule has 0 spiro atoms. The molecule has 13 heavy (non-hydrogen) atoms. The van der Waals surface area contributed by atoms with Crippen molar-refractivity contribution in [1.82, 2.24) is 0 Å². The van der Waals surface area contributed by atoms with E-state index in [-0.39, 0.29) is 0 Å². The molecule has 0 aromatic heterocycles. The molecular weight excluding hydrogens is 383 g/mol. The molecule has 0 aliphatic carbocycles. The van der Waals surface area contributed by atoms with Crippen molar-refractivity contribution in [2.75, 3.05) is 11.5 Å². The molecule has 0 saturated carbocycles. The summed E-state index contributed by atoms with van der Waals surface area (Å²) >= 11 is 2.78. The fraction of sp³-hybridized carbons (Fsp3) is 1.00. The van der Waals surface area contributed by atoms with Crippen LogP contribution in [0.25, 0.3) is 0 Å². The zero-order valence-electron chi connectivity index (χ0n) is 7.05. The molecule has 2 heterocycles. The molecule has 0 N–H and O–H groups in total. The minimum absolute atomic E-state index is 0.908. The van der Waals surface area contributed by atoms with E-state index in [0.717, 1.165) is 9.16 Å². The van der Waals surface area contributed by atoms with E-state index >= 15 is 0 Å². The topological polar surface area (TPSA) is 0 Å². The van der Waals surface area contributed by atoms with Crippen LogP contribution in [0.15, 0.2) is 0 Å². The second-order valence-electron chi connectivity index (χ2n) is 2.81. The monoisotopic (exact) mass is 396 g/mol. The third kappa shape index (κ3) is 4.34. The van der Waals surface area contributed by atoms with Gasteiger partial charge in [-0.25, -0.2) is 0 Å². The average Bonchev–Trinajstić information content (AvgIpc) is 1.94. The predicted octanol–water partition coefficient (Wildman–Crippen LogP) is 3.67. The molecule has 0 bridgehead atoms. The first-order valence-electron chi connectivity index (χ1n) is 4.23. The first-order chi connectivity index (χ1) is 6.34. The number of hydrogen-bond acceptors (Lipinski definition) is 6. The second-order valence-corrected chi connectivity index (χ2v) is 34.5. The zero-order chi connectivity index (χ0) is 9.10. The Morgan fingerprint density at radius 2 is 1.77 bits per heavy atom. The van der Waals surface area contributed by atoms with Crippen LogP contribution < -0.4 is 0 Å². The van der Waals surface area contributed by atoms with E-state index < -0.39 is 15.6 Å². The van der Waals surface area contributed by atoms with Crippen molar-refractivity contribution in [3.05, 3.63) is 0 Å². The van der Waals surface area contributed by atoms with Crippen LogP contribution in [-0.2, 0) is 0 Å². The zero-order valence-corrected chi connectivity index (χ0v) is 15.3. The third-order valence-corrected chi connectivity index (χ3v) is 37.0. The molecule has 3 unspecified atom stereocenters. The van der Waals surface area contributed by atoms with E-state index in [9.17, 15) is 0 Å². The van der Waals surface area contributed by atoms with E-state index in [2.05, 4.69) is 51.2 Å². The maximum absolute atomic E-state index is 4.79. The van der Waals surface area contributed by atoms with Gasteiger partial charge in [-0.05, 0) is 0 Å². The van der Waals surface area contributed by atoms with Gasteiger partial charge in [-0.15, -0.1) is 0 Å². The molecule has 3 atom stereocenters. The molecule has 2 fully saturated rings. The first-order valence-corrected chi connectivity index (χ1v) is 22.6. The van der Waals surface area contributed by atoms with Gasteiger partial charge in [0.1, 0.15) is 0 Å². The molecule has 0 aromatic rings. The Kier molecular flexibility index (Phi) is 6.26. The molecule has 0 aromatic carbocycles. The normalized spacial score (nSPS) is 34.8. The molecule has 0 amide bonds. The Labute approximate surface area is 109 Å². The van der Waals surface area contributed by atoms with Crippen LogP contribution in [0.5, 0.6) is 0 Å². The number of rotatable bonds is 5.